The van der Waals surface area contributed by atoms with Gasteiger partial charge < -0.3 is 20.4 Å². The molecule has 0 amide bonds. The lowest BCUT2D eigenvalue weighted by molar-refractivity contribution is -0.135. The van der Waals surface area contributed by atoms with Crippen molar-refractivity contribution in [2.75, 3.05) is 6.61 Å². The van der Waals surface area contributed by atoms with Gasteiger partial charge in [-0.15, -0.1) is 0 Å². The Morgan fingerprint density at radius 3 is 2.23 bits per heavy atom. The zero-order valence-corrected chi connectivity index (χ0v) is 18.9. The van der Waals surface area contributed by atoms with Gasteiger partial charge >= 0.3 is 0 Å². The van der Waals surface area contributed by atoms with Crippen LogP contribution in [0.1, 0.15) is 59.8 Å². The van der Waals surface area contributed by atoms with Crippen molar-refractivity contribution in [3.05, 3.63) is 23.8 Å². The van der Waals surface area contributed by atoms with Crippen molar-refractivity contribution in [1.29, 1.82) is 0 Å². The summed E-state index contributed by atoms with van der Waals surface area (Å²) >= 11 is 0. The molecule has 7 nitrogen and oxygen atoms in total. The van der Waals surface area contributed by atoms with Crippen LogP contribution >= 0.6 is 0 Å². The SMILES string of the molecule is CC(=O)O.CC(=O)O.C[C@H]1CC(=O)C=C2C=C[C@H]3[C@@H]4CC[C@H](O)[C@@]4(C)CC[C@@H]3[C@]21CO. The van der Waals surface area contributed by atoms with Crippen molar-refractivity contribution < 1.29 is 34.8 Å². The topological polar surface area (TPSA) is 132 Å². The number of rotatable bonds is 1. The third-order valence-corrected chi connectivity index (χ3v) is 7.94. The van der Waals surface area contributed by atoms with Crippen LogP contribution in [-0.2, 0) is 14.4 Å². The number of aliphatic hydroxyl groups is 2. The van der Waals surface area contributed by atoms with Crippen molar-refractivity contribution in [3.63, 3.8) is 0 Å². The minimum Gasteiger partial charge on any atom is -0.481 e. The summed E-state index contributed by atoms with van der Waals surface area (Å²) in [7, 11) is 0. The highest BCUT2D eigenvalue weighted by Crippen LogP contribution is 2.64. The Balaban J connectivity index is 0.000000370. The second kappa shape index (κ2) is 9.65. The minimum absolute atomic E-state index is 0.0249. The summed E-state index contributed by atoms with van der Waals surface area (Å²) in [5.74, 6) is 0.0353. The van der Waals surface area contributed by atoms with E-state index < -0.39 is 11.9 Å². The Bertz CT molecular complexity index is 750. The first-order chi connectivity index (χ1) is 14.4. The largest absolute Gasteiger partial charge is 0.481 e. The molecule has 0 heterocycles. The maximum absolute atomic E-state index is 12.0. The Morgan fingerprint density at radius 1 is 1.10 bits per heavy atom. The molecule has 0 aromatic heterocycles. The number of aliphatic hydroxyl groups excluding tert-OH is 2. The maximum atomic E-state index is 12.0. The monoisotopic (exact) mass is 436 g/mol. The van der Waals surface area contributed by atoms with Gasteiger partial charge in [-0.1, -0.05) is 26.0 Å². The van der Waals surface area contributed by atoms with E-state index in [1.54, 1.807) is 6.08 Å². The summed E-state index contributed by atoms with van der Waals surface area (Å²) in [5.41, 5.74) is 0.811. The summed E-state index contributed by atoms with van der Waals surface area (Å²) in [5, 5.41) is 35.7. The van der Waals surface area contributed by atoms with Crippen molar-refractivity contribution >= 4 is 17.7 Å². The van der Waals surface area contributed by atoms with Gasteiger partial charge in [-0.2, -0.15) is 0 Å². The van der Waals surface area contributed by atoms with Crippen LogP contribution in [0.2, 0.25) is 0 Å². The molecule has 7 heteroatoms. The fraction of sp³-hybridized carbons (Fsp3) is 0.708. The molecule has 0 radical (unpaired) electrons. The second-order valence-corrected chi connectivity index (χ2v) is 9.69. The van der Waals surface area contributed by atoms with E-state index in [0.29, 0.717) is 24.2 Å². The molecule has 174 valence electrons. The lowest BCUT2D eigenvalue weighted by Crippen LogP contribution is -2.54. The van der Waals surface area contributed by atoms with Crippen molar-refractivity contribution in [1.82, 2.24) is 0 Å². The fourth-order valence-electron chi connectivity index (χ4n) is 6.53. The van der Waals surface area contributed by atoms with Gasteiger partial charge in [0, 0.05) is 25.7 Å². The van der Waals surface area contributed by atoms with Gasteiger partial charge in [-0.05, 0) is 66.4 Å². The smallest absolute Gasteiger partial charge is 0.300 e. The quantitative estimate of drug-likeness (QED) is 0.497. The van der Waals surface area contributed by atoms with Crippen molar-refractivity contribution in [2.45, 2.75) is 65.9 Å². The fourth-order valence-corrected chi connectivity index (χ4v) is 6.53. The number of carbonyl (C=O) groups is 3. The standard InChI is InChI=1S/C20H28O3.2C2H4O2/c1-12-9-14(22)10-13-3-4-15-16-5-6-18(23)19(16,2)8-7-17(15)20(12,13)11-21;2*1-2(3)4/h3-4,10,12,15-18,21,23H,5-9,11H2,1-2H3;2*1H3,(H,3,4)/t12-,15-,16-,17-,18-,19-,20-;;/m0../s1. The molecule has 2 saturated carbocycles. The Kier molecular flexibility index (Phi) is 7.87. The van der Waals surface area contributed by atoms with E-state index in [-0.39, 0.29) is 35.2 Å². The van der Waals surface area contributed by atoms with Crippen LogP contribution in [0.3, 0.4) is 0 Å². The number of carboxylic acids is 2. The van der Waals surface area contributed by atoms with E-state index in [1.165, 1.54) is 0 Å². The van der Waals surface area contributed by atoms with Crippen LogP contribution in [0.5, 0.6) is 0 Å². The zero-order valence-electron chi connectivity index (χ0n) is 18.9. The molecule has 0 unspecified atom stereocenters. The van der Waals surface area contributed by atoms with E-state index >= 15 is 0 Å². The number of hydrogen-bond donors (Lipinski definition) is 4. The predicted octanol–water partition coefficient (Wildman–Crippen LogP) is 3.06. The number of hydrogen-bond acceptors (Lipinski definition) is 5. The average Bonchev–Trinajstić information content (AvgIpc) is 2.95. The number of fused-ring (bicyclic) bond motifs is 5. The third kappa shape index (κ3) is 4.77. The third-order valence-electron chi connectivity index (χ3n) is 7.94. The van der Waals surface area contributed by atoms with E-state index in [4.69, 9.17) is 19.8 Å². The average molecular weight is 437 g/mol. The van der Waals surface area contributed by atoms with Crippen LogP contribution in [0.15, 0.2) is 23.8 Å². The van der Waals surface area contributed by atoms with Gasteiger partial charge in [0.15, 0.2) is 5.78 Å². The molecule has 2 fully saturated rings. The number of allylic oxidation sites excluding steroid dienone is 3. The molecule has 0 bridgehead atoms. The summed E-state index contributed by atoms with van der Waals surface area (Å²) in [6.45, 7) is 6.68. The van der Waals surface area contributed by atoms with Crippen LogP contribution in [-0.4, -0.2) is 50.9 Å². The first-order valence-electron chi connectivity index (χ1n) is 11.0. The molecule has 0 aromatic rings. The van der Waals surface area contributed by atoms with Gasteiger partial charge in [-0.3, -0.25) is 14.4 Å². The number of carboxylic acid groups (broad SMARTS) is 2. The van der Waals surface area contributed by atoms with Crippen molar-refractivity contribution in [3.8, 4) is 0 Å². The van der Waals surface area contributed by atoms with Crippen molar-refractivity contribution in [2.24, 2.45) is 34.5 Å². The Hall–Kier alpha value is -1.99. The minimum atomic E-state index is -0.833. The summed E-state index contributed by atoms with van der Waals surface area (Å²) in [6, 6.07) is 0. The molecule has 4 aliphatic rings. The normalized spacial score (nSPS) is 40.0. The van der Waals surface area contributed by atoms with Crippen LogP contribution in [0, 0.1) is 34.5 Å². The van der Waals surface area contributed by atoms with Gasteiger partial charge in [0.25, 0.3) is 11.9 Å². The van der Waals surface area contributed by atoms with E-state index in [2.05, 4.69) is 26.0 Å². The highest BCUT2D eigenvalue weighted by Gasteiger charge is 2.60. The predicted molar refractivity (Wildman–Crippen MR) is 115 cm³/mol. The van der Waals surface area contributed by atoms with E-state index in [1.807, 2.05) is 0 Å². The lowest BCUT2D eigenvalue weighted by Gasteiger charge is -2.58. The number of carbonyl (C=O) groups excluding carboxylic acids is 1. The molecule has 4 rings (SSSR count). The first kappa shape index (κ1) is 25.3. The molecule has 0 aliphatic heterocycles. The summed E-state index contributed by atoms with van der Waals surface area (Å²) < 4.78 is 0. The summed E-state index contributed by atoms with van der Waals surface area (Å²) in [4.78, 5) is 30.0. The number of aliphatic carboxylic acids is 2. The van der Waals surface area contributed by atoms with Gasteiger partial charge in [0.1, 0.15) is 0 Å². The first-order valence-corrected chi connectivity index (χ1v) is 11.0. The molecule has 0 aromatic carbocycles. The molecular formula is C24H36O7. The maximum Gasteiger partial charge on any atom is 0.300 e. The van der Waals surface area contributed by atoms with Crippen LogP contribution in [0.25, 0.3) is 0 Å². The van der Waals surface area contributed by atoms with Crippen LogP contribution in [0.4, 0.5) is 0 Å². The molecule has 7 atom stereocenters. The zero-order chi connectivity index (χ0) is 23.6. The molecule has 4 aliphatic carbocycles. The number of ketones is 1. The second-order valence-electron chi connectivity index (χ2n) is 9.69. The van der Waals surface area contributed by atoms with Gasteiger partial charge in [0.2, 0.25) is 0 Å². The highest BCUT2D eigenvalue weighted by atomic mass is 16.4. The van der Waals surface area contributed by atoms with E-state index in [0.717, 1.165) is 45.1 Å². The van der Waals surface area contributed by atoms with Crippen LogP contribution < -0.4 is 0 Å². The highest BCUT2D eigenvalue weighted by molar-refractivity contribution is 5.92. The van der Waals surface area contributed by atoms with E-state index in [9.17, 15) is 15.0 Å². The molecule has 31 heavy (non-hydrogen) atoms. The Morgan fingerprint density at radius 2 is 1.68 bits per heavy atom. The molecule has 0 saturated heterocycles. The molecule has 4 N–H and O–H groups in total. The molecular weight excluding hydrogens is 400 g/mol. The van der Waals surface area contributed by atoms with Gasteiger partial charge in [-0.25, -0.2) is 0 Å². The molecule has 0 spiro atoms. The lowest BCUT2D eigenvalue weighted by atomic mass is 9.47. The Labute approximate surface area is 183 Å². The summed E-state index contributed by atoms with van der Waals surface area (Å²) in [6.07, 6.45) is 10.6. The van der Waals surface area contributed by atoms with Gasteiger partial charge in [0.05, 0.1) is 12.7 Å².